The molecule has 0 bridgehead atoms. The van der Waals surface area contributed by atoms with E-state index in [-0.39, 0.29) is 11.8 Å². The van der Waals surface area contributed by atoms with Crippen LogP contribution < -0.4 is 16.5 Å². The summed E-state index contributed by atoms with van der Waals surface area (Å²) in [6, 6.07) is 0. The summed E-state index contributed by atoms with van der Waals surface area (Å²) in [5.41, 5.74) is 8.05. The lowest BCUT2D eigenvalue weighted by molar-refractivity contribution is -0.142. The summed E-state index contributed by atoms with van der Waals surface area (Å²) in [6.07, 6.45) is 0.643. The van der Waals surface area contributed by atoms with Gasteiger partial charge >= 0.3 is 0 Å². The molecule has 80 valence electrons. The van der Waals surface area contributed by atoms with E-state index in [1.165, 1.54) is 0 Å². The van der Waals surface area contributed by atoms with Crippen molar-refractivity contribution in [1.29, 1.82) is 0 Å². The lowest BCUT2D eigenvalue weighted by Gasteiger charge is -2.14. The average Bonchev–Trinajstić information content (AvgIpc) is 2.48. The first kappa shape index (κ1) is 11.1. The number of nitrogens with zero attached hydrogens (tertiary/aromatic N) is 1. The van der Waals surface area contributed by atoms with Gasteiger partial charge < -0.3 is 11.1 Å². The Balaban J connectivity index is 2.11. The third kappa shape index (κ3) is 3.06. The number of carbonyl (C=O) groups excluding carboxylic acids is 2. The van der Waals surface area contributed by atoms with Crippen LogP contribution in [-0.4, -0.2) is 43.0 Å². The molecule has 0 aliphatic carbocycles. The molecule has 14 heavy (non-hydrogen) atoms. The highest BCUT2D eigenvalue weighted by Crippen LogP contribution is 2.07. The quantitative estimate of drug-likeness (QED) is 0.347. The van der Waals surface area contributed by atoms with Crippen LogP contribution in [0.2, 0.25) is 0 Å². The summed E-state index contributed by atoms with van der Waals surface area (Å²) in [6.45, 7) is 2.57. The third-order valence-electron chi connectivity index (χ3n) is 1.94. The number of amides is 2. The van der Waals surface area contributed by atoms with Crippen LogP contribution in [0.3, 0.4) is 0 Å². The predicted molar refractivity (Wildman–Crippen MR) is 51.0 cm³/mol. The Morgan fingerprint density at radius 3 is 2.36 bits per heavy atom. The van der Waals surface area contributed by atoms with Crippen LogP contribution >= 0.6 is 0 Å². The zero-order valence-corrected chi connectivity index (χ0v) is 8.08. The highest BCUT2D eigenvalue weighted by molar-refractivity contribution is 6.01. The summed E-state index contributed by atoms with van der Waals surface area (Å²) in [5, 5.41) is 4.15. The molecular weight excluding hydrogens is 184 g/mol. The van der Waals surface area contributed by atoms with Crippen molar-refractivity contribution in [3.05, 3.63) is 0 Å². The van der Waals surface area contributed by atoms with Crippen LogP contribution in [0.5, 0.6) is 0 Å². The number of nitrogens with two attached hydrogens (primary N) is 1. The van der Waals surface area contributed by atoms with Gasteiger partial charge in [0.25, 0.3) is 0 Å². The number of carbonyl (C=O) groups is 2. The second-order valence-corrected chi connectivity index (χ2v) is 3.07. The molecule has 0 spiro atoms. The normalized spacial score (nSPS) is 16.8. The first-order valence-corrected chi connectivity index (χ1v) is 4.76. The summed E-state index contributed by atoms with van der Waals surface area (Å²) in [5.74, 6) is -0.289. The van der Waals surface area contributed by atoms with Gasteiger partial charge in [0.05, 0.1) is 0 Å². The van der Waals surface area contributed by atoms with Crippen molar-refractivity contribution in [2.24, 2.45) is 5.73 Å². The second kappa shape index (κ2) is 5.69. The molecule has 1 fully saturated rings. The Kier molecular flexibility index (Phi) is 4.51. The van der Waals surface area contributed by atoms with Crippen molar-refractivity contribution in [2.75, 3.05) is 26.2 Å². The smallest absolute Gasteiger partial charge is 0.244 e. The van der Waals surface area contributed by atoms with E-state index in [2.05, 4.69) is 10.7 Å². The van der Waals surface area contributed by atoms with Gasteiger partial charge in [-0.25, -0.2) is 10.4 Å². The highest BCUT2D eigenvalue weighted by atomic mass is 16.2. The van der Waals surface area contributed by atoms with Crippen molar-refractivity contribution in [3.63, 3.8) is 0 Å². The largest absolute Gasteiger partial charge is 0.329 e. The van der Waals surface area contributed by atoms with Crippen LogP contribution in [-0.2, 0) is 9.59 Å². The topological polar surface area (TPSA) is 87.5 Å². The monoisotopic (exact) mass is 200 g/mol. The van der Waals surface area contributed by atoms with E-state index in [4.69, 9.17) is 5.73 Å². The zero-order valence-electron chi connectivity index (χ0n) is 8.08. The maximum atomic E-state index is 11.1. The molecule has 0 radical (unpaired) electrons. The van der Waals surface area contributed by atoms with Crippen LogP contribution in [0.4, 0.5) is 0 Å². The number of hydrogen-bond acceptors (Lipinski definition) is 5. The fourth-order valence-corrected chi connectivity index (χ4v) is 1.24. The molecule has 0 atom stereocenters. The van der Waals surface area contributed by atoms with Crippen molar-refractivity contribution in [3.8, 4) is 0 Å². The average molecular weight is 200 g/mol. The van der Waals surface area contributed by atoms with E-state index in [0.29, 0.717) is 32.5 Å². The lowest BCUT2D eigenvalue weighted by Crippen LogP contribution is -2.45. The Morgan fingerprint density at radius 2 is 1.79 bits per heavy atom. The van der Waals surface area contributed by atoms with Crippen molar-refractivity contribution >= 4 is 11.8 Å². The third-order valence-corrected chi connectivity index (χ3v) is 1.94. The minimum atomic E-state index is -0.145. The predicted octanol–water partition coefficient (Wildman–Crippen LogP) is -1.81. The summed E-state index contributed by atoms with van der Waals surface area (Å²) >= 11 is 0. The number of imide groups is 1. The minimum Gasteiger partial charge on any atom is -0.329 e. The van der Waals surface area contributed by atoms with Gasteiger partial charge in [0.15, 0.2) is 0 Å². The minimum absolute atomic E-state index is 0.145. The standard InChI is InChI=1S/C8H16N4O2/c9-3-4-10-5-6-11-12-7(13)1-2-8(12)14/h10-11H,1-6,9H2. The van der Waals surface area contributed by atoms with Gasteiger partial charge in [-0.05, 0) is 0 Å². The zero-order chi connectivity index (χ0) is 10.4. The lowest BCUT2D eigenvalue weighted by atomic mass is 10.4. The SMILES string of the molecule is NCCNCCNN1C(=O)CCC1=O. The molecule has 0 unspecified atom stereocenters. The van der Waals surface area contributed by atoms with E-state index < -0.39 is 0 Å². The summed E-state index contributed by atoms with van der Waals surface area (Å²) < 4.78 is 0. The molecule has 0 aromatic carbocycles. The fourth-order valence-electron chi connectivity index (χ4n) is 1.24. The molecular formula is C8H16N4O2. The van der Waals surface area contributed by atoms with Crippen LogP contribution in [0.1, 0.15) is 12.8 Å². The first-order valence-electron chi connectivity index (χ1n) is 4.76. The fraction of sp³-hybridized carbons (Fsp3) is 0.750. The number of rotatable bonds is 6. The molecule has 0 saturated carbocycles. The Labute approximate surface area is 82.8 Å². The molecule has 1 aliphatic rings. The van der Waals surface area contributed by atoms with E-state index in [9.17, 15) is 9.59 Å². The van der Waals surface area contributed by atoms with Gasteiger partial charge in [-0.2, -0.15) is 0 Å². The molecule has 1 aliphatic heterocycles. The Hall–Kier alpha value is -0.980. The number of nitrogens with one attached hydrogen (secondary N) is 2. The van der Waals surface area contributed by atoms with Gasteiger partial charge in [0, 0.05) is 39.0 Å². The number of hydrogen-bond donors (Lipinski definition) is 3. The van der Waals surface area contributed by atoms with Crippen LogP contribution in [0, 0.1) is 0 Å². The highest BCUT2D eigenvalue weighted by Gasteiger charge is 2.28. The maximum Gasteiger partial charge on any atom is 0.244 e. The number of hydrazine groups is 1. The van der Waals surface area contributed by atoms with E-state index in [0.717, 1.165) is 11.6 Å². The van der Waals surface area contributed by atoms with Gasteiger partial charge in [-0.1, -0.05) is 0 Å². The molecule has 1 heterocycles. The first-order chi connectivity index (χ1) is 6.75. The summed E-state index contributed by atoms with van der Waals surface area (Å²) in [7, 11) is 0. The van der Waals surface area contributed by atoms with Gasteiger partial charge in [-0.3, -0.25) is 9.59 Å². The Bertz CT molecular complexity index is 203. The van der Waals surface area contributed by atoms with Gasteiger partial charge in [0.1, 0.15) is 0 Å². The van der Waals surface area contributed by atoms with Gasteiger partial charge in [-0.15, -0.1) is 0 Å². The van der Waals surface area contributed by atoms with Crippen molar-refractivity contribution in [1.82, 2.24) is 15.8 Å². The van der Waals surface area contributed by atoms with E-state index in [1.54, 1.807) is 0 Å². The van der Waals surface area contributed by atoms with Crippen molar-refractivity contribution in [2.45, 2.75) is 12.8 Å². The van der Waals surface area contributed by atoms with Crippen LogP contribution in [0.25, 0.3) is 0 Å². The molecule has 4 N–H and O–H groups in total. The molecule has 1 rings (SSSR count). The second-order valence-electron chi connectivity index (χ2n) is 3.07. The molecule has 0 aromatic rings. The van der Waals surface area contributed by atoms with Crippen molar-refractivity contribution < 1.29 is 9.59 Å². The van der Waals surface area contributed by atoms with E-state index in [1.807, 2.05) is 0 Å². The van der Waals surface area contributed by atoms with Crippen LogP contribution in [0.15, 0.2) is 0 Å². The molecule has 6 nitrogen and oxygen atoms in total. The maximum absolute atomic E-state index is 11.1. The molecule has 1 saturated heterocycles. The molecule has 2 amide bonds. The summed E-state index contributed by atoms with van der Waals surface area (Å²) in [4.78, 5) is 22.2. The molecule has 0 aromatic heterocycles. The van der Waals surface area contributed by atoms with E-state index >= 15 is 0 Å². The van der Waals surface area contributed by atoms with Gasteiger partial charge in [0.2, 0.25) is 11.8 Å². The Morgan fingerprint density at radius 1 is 1.14 bits per heavy atom. The molecule has 6 heteroatoms.